The Kier molecular flexibility index (Phi) is 5.74. The molecule has 8 heteroatoms. The minimum atomic E-state index is -3.32. The highest BCUT2D eigenvalue weighted by Crippen LogP contribution is 2.23. The number of sulfone groups is 1. The van der Waals surface area contributed by atoms with Gasteiger partial charge in [-0.25, -0.2) is 13.4 Å². The molecule has 2 rings (SSSR count). The van der Waals surface area contributed by atoms with Crippen LogP contribution in [0.2, 0.25) is 0 Å². The van der Waals surface area contributed by atoms with E-state index in [2.05, 4.69) is 10.3 Å². The van der Waals surface area contributed by atoms with E-state index < -0.39 is 15.1 Å². The first-order valence-electron chi connectivity index (χ1n) is 7.72. The molecule has 1 aromatic carbocycles. The molecule has 0 fully saturated rings. The van der Waals surface area contributed by atoms with Crippen molar-refractivity contribution in [2.24, 2.45) is 0 Å². The summed E-state index contributed by atoms with van der Waals surface area (Å²) in [5, 5.41) is 2.55. The second-order valence-electron chi connectivity index (χ2n) is 5.95. The van der Waals surface area contributed by atoms with Gasteiger partial charge in [-0.3, -0.25) is 9.59 Å². The number of aryl methyl sites for hydroxylation is 1. The first-order chi connectivity index (χ1) is 11.6. The summed E-state index contributed by atoms with van der Waals surface area (Å²) in [6.07, 6.45) is 0.0933. The number of ketones is 1. The first-order valence-corrected chi connectivity index (χ1v) is 10.1. The number of benzene rings is 1. The van der Waals surface area contributed by atoms with E-state index in [0.29, 0.717) is 21.3 Å². The molecular weight excluding hydrogens is 360 g/mol. The van der Waals surface area contributed by atoms with Gasteiger partial charge in [-0.2, -0.15) is 0 Å². The van der Waals surface area contributed by atoms with E-state index in [-0.39, 0.29) is 23.0 Å². The lowest BCUT2D eigenvalue weighted by Gasteiger charge is -2.08. The molecule has 0 aliphatic rings. The molecule has 0 saturated heterocycles. The maximum atomic E-state index is 12.1. The van der Waals surface area contributed by atoms with Crippen molar-refractivity contribution in [1.82, 2.24) is 4.98 Å². The molecule has 0 spiro atoms. The predicted octanol–water partition coefficient (Wildman–Crippen LogP) is 3.02. The van der Waals surface area contributed by atoms with Crippen LogP contribution in [0.3, 0.4) is 0 Å². The summed E-state index contributed by atoms with van der Waals surface area (Å²) in [7, 11) is -3.32. The van der Waals surface area contributed by atoms with Crippen LogP contribution in [-0.2, 0) is 21.1 Å². The van der Waals surface area contributed by atoms with E-state index in [9.17, 15) is 18.0 Å². The lowest BCUT2D eigenvalue weighted by molar-refractivity contribution is -0.115. The standard InChI is InChI=1S/C17H20N2O4S2/c1-10(2)25(22,23)14-7-5-13(6-8-14)9-15(21)19-17-18-11(3)16(24-17)12(4)20/h5-8,10H,9H2,1-4H3,(H,18,19,21). The van der Waals surface area contributed by atoms with E-state index in [1.165, 1.54) is 19.1 Å². The maximum Gasteiger partial charge on any atom is 0.230 e. The number of aromatic nitrogens is 1. The molecule has 25 heavy (non-hydrogen) atoms. The lowest BCUT2D eigenvalue weighted by Crippen LogP contribution is -2.15. The average Bonchev–Trinajstić information content (AvgIpc) is 2.88. The van der Waals surface area contributed by atoms with E-state index in [1.807, 2.05) is 0 Å². The number of amides is 1. The number of carbonyl (C=O) groups is 2. The van der Waals surface area contributed by atoms with Gasteiger partial charge in [0.15, 0.2) is 20.8 Å². The predicted molar refractivity (Wildman–Crippen MR) is 98.0 cm³/mol. The van der Waals surface area contributed by atoms with Crippen LogP contribution < -0.4 is 5.32 Å². The van der Waals surface area contributed by atoms with Gasteiger partial charge < -0.3 is 5.32 Å². The number of thiazole rings is 1. The van der Waals surface area contributed by atoms with Crippen LogP contribution in [0.1, 0.15) is 41.7 Å². The van der Waals surface area contributed by atoms with Gasteiger partial charge in [0.1, 0.15) is 0 Å². The minimum Gasteiger partial charge on any atom is -0.302 e. The minimum absolute atomic E-state index is 0.0857. The molecule has 6 nitrogen and oxygen atoms in total. The van der Waals surface area contributed by atoms with Gasteiger partial charge in [-0.1, -0.05) is 23.5 Å². The van der Waals surface area contributed by atoms with Gasteiger partial charge >= 0.3 is 0 Å². The van der Waals surface area contributed by atoms with Gasteiger partial charge in [0.25, 0.3) is 0 Å². The third-order valence-electron chi connectivity index (χ3n) is 3.60. The molecule has 0 unspecified atom stereocenters. The van der Waals surface area contributed by atoms with Crippen molar-refractivity contribution < 1.29 is 18.0 Å². The number of hydrogen-bond acceptors (Lipinski definition) is 6. The summed E-state index contributed by atoms with van der Waals surface area (Å²) in [6, 6.07) is 6.28. The lowest BCUT2D eigenvalue weighted by atomic mass is 10.1. The van der Waals surface area contributed by atoms with E-state index in [1.54, 1.807) is 32.9 Å². The van der Waals surface area contributed by atoms with Crippen LogP contribution in [0, 0.1) is 6.92 Å². The molecule has 1 heterocycles. The Morgan fingerprint density at radius 3 is 2.28 bits per heavy atom. The Balaban J connectivity index is 2.06. The second kappa shape index (κ2) is 7.45. The number of nitrogens with one attached hydrogen (secondary N) is 1. The quantitative estimate of drug-likeness (QED) is 0.778. The fraction of sp³-hybridized carbons (Fsp3) is 0.353. The highest BCUT2D eigenvalue weighted by Gasteiger charge is 2.19. The van der Waals surface area contributed by atoms with Crippen molar-refractivity contribution in [1.29, 1.82) is 0 Å². The monoisotopic (exact) mass is 380 g/mol. The zero-order valence-corrected chi connectivity index (χ0v) is 16.1. The van der Waals surface area contributed by atoms with Crippen molar-refractivity contribution in [3.63, 3.8) is 0 Å². The van der Waals surface area contributed by atoms with Crippen LogP contribution >= 0.6 is 11.3 Å². The van der Waals surface area contributed by atoms with Crippen molar-refractivity contribution in [2.45, 2.75) is 44.3 Å². The van der Waals surface area contributed by atoms with E-state index in [4.69, 9.17) is 0 Å². The summed E-state index contributed by atoms with van der Waals surface area (Å²) in [5.41, 5.74) is 1.29. The molecule has 134 valence electrons. The SMILES string of the molecule is CC(=O)c1sc(NC(=O)Cc2ccc(S(=O)(=O)C(C)C)cc2)nc1C. The van der Waals surface area contributed by atoms with E-state index in [0.717, 1.165) is 11.3 Å². The molecular formula is C17H20N2O4S2. The van der Waals surface area contributed by atoms with Crippen LogP contribution in [0.5, 0.6) is 0 Å². The first kappa shape index (κ1) is 19.3. The number of Topliss-reactive ketones (excluding diaryl/α,β-unsaturated/α-hetero) is 1. The molecule has 1 N–H and O–H groups in total. The number of hydrogen-bond donors (Lipinski definition) is 1. The molecule has 1 aromatic heterocycles. The van der Waals surface area contributed by atoms with Gasteiger partial charge in [0.2, 0.25) is 5.91 Å². The average molecular weight is 380 g/mol. The fourth-order valence-corrected chi connectivity index (χ4v) is 4.13. The van der Waals surface area contributed by atoms with Gasteiger partial charge in [-0.15, -0.1) is 0 Å². The molecule has 0 aliphatic heterocycles. The van der Waals surface area contributed by atoms with E-state index >= 15 is 0 Å². The summed E-state index contributed by atoms with van der Waals surface area (Å²) in [6.45, 7) is 6.43. The van der Waals surface area contributed by atoms with Gasteiger partial charge in [-0.05, 0) is 38.5 Å². The highest BCUT2D eigenvalue weighted by molar-refractivity contribution is 7.92. The van der Waals surface area contributed by atoms with Crippen LogP contribution in [0.4, 0.5) is 5.13 Å². The Hall–Kier alpha value is -2.06. The molecule has 0 aliphatic carbocycles. The summed E-state index contributed by atoms with van der Waals surface area (Å²) in [5.74, 6) is -0.360. The third-order valence-corrected chi connectivity index (χ3v) is 6.94. The van der Waals surface area contributed by atoms with Gasteiger partial charge in [0, 0.05) is 6.92 Å². The van der Waals surface area contributed by atoms with Gasteiger partial charge in [0.05, 0.1) is 27.1 Å². The molecule has 0 atom stereocenters. The zero-order chi connectivity index (χ0) is 18.8. The number of carbonyl (C=O) groups excluding carboxylic acids is 2. The smallest absolute Gasteiger partial charge is 0.230 e. The molecule has 0 radical (unpaired) electrons. The van der Waals surface area contributed by atoms with Crippen LogP contribution in [0.25, 0.3) is 0 Å². The van der Waals surface area contributed by atoms with Crippen LogP contribution in [-0.4, -0.2) is 30.3 Å². The maximum absolute atomic E-state index is 12.1. The zero-order valence-electron chi connectivity index (χ0n) is 14.5. The summed E-state index contributed by atoms with van der Waals surface area (Å²) < 4.78 is 24.2. The van der Waals surface area contributed by atoms with Crippen molar-refractivity contribution >= 4 is 38.0 Å². The molecule has 0 bridgehead atoms. The summed E-state index contributed by atoms with van der Waals surface area (Å²) in [4.78, 5) is 28.5. The Morgan fingerprint density at radius 2 is 1.80 bits per heavy atom. The molecule has 2 aromatic rings. The van der Waals surface area contributed by atoms with Crippen molar-refractivity contribution in [2.75, 3.05) is 5.32 Å². The number of rotatable bonds is 6. The third kappa shape index (κ3) is 4.52. The fourth-order valence-electron chi connectivity index (χ4n) is 2.19. The number of nitrogens with zero attached hydrogens (tertiary/aromatic N) is 1. The summed E-state index contributed by atoms with van der Waals surface area (Å²) >= 11 is 1.14. The number of anilines is 1. The molecule has 1 amide bonds. The topological polar surface area (TPSA) is 93.2 Å². The van der Waals surface area contributed by atoms with Crippen LogP contribution in [0.15, 0.2) is 29.2 Å². The largest absolute Gasteiger partial charge is 0.302 e. The van der Waals surface area contributed by atoms with Crippen molar-refractivity contribution in [3.8, 4) is 0 Å². The Labute approximate surface area is 151 Å². The Morgan fingerprint density at radius 1 is 1.20 bits per heavy atom. The highest BCUT2D eigenvalue weighted by atomic mass is 32.2. The van der Waals surface area contributed by atoms with Crippen molar-refractivity contribution in [3.05, 3.63) is 40.4 Å². The Bertz CT molecular complexity index is 897. The molecule has 0 saturated carbocycles. The second-order valence-corrected chi connectivity index (χ2v) is 9.46. The normalized spacial score (nSPS) is 11.6.